The van der Waals surface area contributed by atoms with Crippen LogP contribution in [0.2, 0.25) is 0 Å². The Morgan fingerprint density at radius 1 is 1.06 bits per heavy atom. The number of hydrogen-bond acceptors (Lipinski definition) is 3. The number of morpholine rings is 1. The molecule has 0 aliphatic carbocycles. The van der Waals surface area contributed by atoms with Gasteiger partial charge in [-0.1, -0.05) is 0 Å². The number of rotatable bonds is 2. The molecular weight excluding hydrogens is 256 g/mol. The number of carbonyl (C=O) groups excluding carboxylic acids is 2. The molecule has 2 amide bonds. The number of halogens is 1. The van der Waals surface area contributed by atoms with E-state index in [0.29, 0.717) is 39.4 Å². The van der Waals surface area contributed by atoms with Gasteiger partial charge in [0.25, 0.3) is 0 Å². The number of piperidine rings is 1. The Hall–Kier alpha value is -0.810. The third-order valence-electron chi connectivity index (χ3n) is 3.63. The molecule has 2 saturated heterocycles. The number of hydrogen-bond donors (Lipinski definition) is 0. The highest BCUT2D eigenvalue weighted by Crippen LogP contribution is 2.20. The molecule has 0 bridgehead atoms. The van der Waals surface area contributed by atoms with E-state index in [1.165, 1.54) is 0 Å². The zero-order chi connectivity index (χ0) is 13.0. The Morgan fingerprint density at radius 2 is 1.67 bits per heavy atom. The van der Waals surface area contributed by atoms with Crippen molar-refractivity contribution in [1.29, 1.82) is 0 Å². The van der Waals surface area contributed by atoms with E-state index in [1.807, 2.05) is 4.90 Å². The van der Waals surface area contributed by atoms with Crippen LogP contribution in [0.5, 0.6) is 0 Å². The number of amides is 2. The van der Waals surface area contributed by atoms with Gasteiger partial charge >= 0.3 is 0 Å². The molecule has 0 aromatic heterocycles. The molecule has 5 nitrogen and oxygen atoms in total. The summed E-state index contributed by atoms with van der Waals surface area (Å²) in [6, 6.07) is 0. The lowest BCUT2D eigenvalue weighted by atomic mass is 9.95. The maximum atomic E-state index is 12.2. The summed E-state index contributed by atoms with van der Waals surface area (Å²) < 4.78 is 5.24. The van der Waals surface area contributed by atoms with Crippen LogP contribution in [0, 0.1) is 5.92 Å². The number of likely N-dealkylation sites (tertiary alicyclic amines) is 1. The van der Waals surface area contributed by atoms with Gasteiger partial charge in [-0.3, -0.25) is 9.59 Å². The van der Waals surface area contributed by atoms with Gasteiger partial charge in [0.1, 0.15) is 5.88 Å². The van der Waals surface area contributed by atoms with Crippen molar-refractivity contribution in [3.63, 3.8) is 0 Å². The lowest BCUT2D eigenvalue weighted by molar-refractivity contribution is -0.143. The van der Waals surface area contributed by atoms with E-state index in [2.05, 4.69) is 0 Å². The Kier molecular flexibility index (Phi) is 4.83. The van der Waals surface area contributed by atoms with Gasteiger partial charge in [-0.2, -0.15) is 0 Å². The minimum absolute atomic E-state index is 0.0298. The molecule has 2 aliphatic heterocycles. The fourth-order valence-corrected chi connectivity index (χ4v) is 2.67. The van der Waals surface area contributed by atoms with Crippen molar-refractivity contribution in [2.75, 3.05) is 45.3 Å². The van der Waals surface area contributed by atoms with Gasteiger partial charge < -0.3 is 14.5 Å². The molecule has 0 unspecified atom stereocenters. The molecule has 0 aromatic rings. The lowest BCUT2D eigenvalue weighted by Gasteiger charge is -2.35. The predicted molar refractivity (Wildman–Crippen MR) is 67.4 cm³/mol. The summed E-state index contributed by atoms with van der Waals surface area (Å²) in [5, 5.41) is 0. The summed E-state index contributed by atoms with van der Waals surface area (Å²) >= 11 is 5.53. The third kappa shape index (κ3) is 3.14. The SMILES string of the molecule is O=C(CCl)N1CCC(C(=O)N2CCOCC2)CC1. The number of nitrogens with zero attached hydrogens (tertiary/aromatic N) is 2. The molecule has 0 saturated carbocycles. The van der Waals surface area contributed by atoms with Gasteiger partial charge in [0, 0.05) is 32.1 Å². The largest absolute Gasteiger partial charge is 0.378 e. The second-order valence-electron chi connectivity index (χ2n) is 4.73. The fourth-order valence-electron chi connectivity index (χ4n) is 2.50. The molecule has 2 heterocycles. The van der Waals surface area contributed by atoms with Crippen molar-refractivity contribution in [3.05, 3.63) is 0 Å². The van der Waals surface area contributed by atoms with E-state index in [4.69, 9.17) is 16.3 Å². The standard InChI is InChI=1S/C12H19ClN2O3/c13-9-11(16)14-3-1-10(2-4-14)12(17)15-5-7-18-8-6-15/h10H,1-9H2. The van der Waals surface area contributed by atoms with E-state index < -0.39 is 0 Å². The minimum Gasteiger partial charge on any atom is -0.378 e. The predicted octanol–water partition coefficient (Wildman–Crippen LogP) is 0.323. The fraction of sp³-hybridized carbons (Fsp3) is 0.833. The second kappa shape index (κ2) is 6.38. The maximum Gasteiger partial charge on any atom is 0.237 e. The van der Waals surface area contributed by atoms with Crippen LogP contribution in [-0.2, 0) is 14.3 Å². The number of alkyl halides is 1. The van der Waals surface area contributed by atoms with E-state index in [1.54, 1.807) is 4.90 Å². The summed E-state index contributed by atoms with van der Waals surface area (Å²) in [4.78, 5) is 27.3. The first-order chi connectivity index (χ1) is 8.72. The molecule has 18 heavy (non-hydrogen) atoms. The minimum atomic E-state index is -0.0334. The van der Waals surface area contributed by atoms with E-state index >= 15 is 0 Å². The average molecular weight is 275 g/mol. The van der Waals surface area contributed by atoms with Crippen molar-refractivity contribution < 1.29 is 14.3 Å². The zero-order valence-electron chi connectivity index (χ0n) is 10.4. The van der Waals surface area contributed by atoms with Crippen molar-refractivity contribution in [2.45, 2.75) is 12.8 Å². The Balaban J connectivity index is 1.81. The normalized spacial score (nSPS) is 22.1. The van der Waals surface area contributed by atoms with Gasteiger partial charge in [-0.15, -0.1) is 11.6 Å². The topological polar surface area (TPSA) is 49.9 Å². The van der Waals surface area contributed by atoms with Crippen molar-refractivity contribution in [3.8, 4) is 0 Å². The summed E-state index contributed by atoms with van der Waals surface area (Å²) in [6.07, 6.45) is 1.50. The first-order valence-electron chi connectivity index (χ1n) is 6.42. The Morgan fingerprint density at radius 3 is 2.22 bits per heavy atom. The molecule has 0 radical (unpaired) electrons. The quantitative estimate of drug-likeness (QED) is 0.682. The van der Waals surface area contributed by atoms with Crippen LogP contribution in [-0.4, -0.2) is 66.9 Å². The third-order valence-corrected chi connectivity index (χ3v) is 3.86. The second-order valence-corrected chi connectivity index (χ2v) is 4.99. The molecule has 2 fully saturated rings. The van der Waals surface area contributed by atoms with Crippen LogP contribution >= 0.6 is 11.6 Å². The molecule has 6 heteroatoms. The zero-order valence-corrected chi connectivity index (χ0v) is 11.2. The first-order valence-corrected chi connectivity index (χ1v) is 6.96. The molecule has 102 valence electrons. The van der Waals surface area contributed by atoms with Crippen LogP contribution in [0.25, 0.3) is 0 Å². The van der Waals surface area contributed by atoms with Crippen molar-refractivity contribution in [1.82, 2.24) is 9.80 Å². The monoisotopic (exact) mass is 274 g/mol. The van der Waals surface area contributed by atoms with Gasteiger partial charge in [-0.25, -0.2) is 0 Å². The van der Waals surface area contributed by atoms with Gasteiger partial charge in [0.2, 0.25) is 11.8 Å². The summed E-state index contributed by atoms with van der Waals surface area (Å²) in [7, 11) is 0. The molecular formula is C12H19ClN2O3. The smallest absolute Gasteiger partial charge is 0.237 e. The average Bonchev–Trinajstić information content (AvgIpc) is 2.47. The lowest BCUT2D eigenvalue weighted by Crippen LogP contribution is -2.47. The Bertz CT molecular complexity index is 310. The van der Waals surface area contributed by atoms with Gasteiger partial charge in [-0.05, 0) is 12.8 Å². The van der Waals surface area contributed by atoms with E-state index in [0.717, 1.165) is 12.8 Å². The Labute approximate surface area is 112 Å². The van der Waals surface area contributed by atoms with Gasteiger partial charge in [0.05, 0.1) is 13.2 Å². The van der Waals surface area contributed by atoms with Gasteiger partial charge in [0.15, 0.2) is 0 Å². The van der Waals surface area contributed by atoms with E-state index in [-0.39, 0.29) is 23.6 Å². The number of ether oxygens (including phenoxy) is 1. The van der Waals surface area contributed by atoms with Crippen LogP contribution in [0.1, 0.15) is 12.8 Å². The van der Waals surface area contributed by atoms with Crippen LogP contribution in [0.4, 0.5) is 0 Å². The molecule has 0 spiro atoms. The summed E-state index contributed by atoms with van der Waals surface area (Å²) in [5.74, 6) is 0.273. The first kappa shape index (κ1) is 13.6. The molecule has 0 aromatic carbocycles. The number of carbonyl (C=O) groups is 2. The molecule has 0 atom stereocenters. The highest BCUT2D eigenvalue weighted by atomic mass is 35.5. The molecule has 2 aliphatic rings. The van der Waals surface area contributed by atoms with Crippen LogP contribution < -0.4 is 0 Å². The van der Waals surface area contributed by atoms with Crippen LogP contribution in [0.15, 0.2) is 0 Å². The van der Waals surface area contributed by atoms with Crippen molar-refractivity contribution in [2.24, 2.45) is 5.92 Å². The maximum absolute atomic E-state index is 12.2. The molecule has 0 N–H and O–H groups in total. The highest BCUT2D eigenvalue weighted by Gasteiger charge is 2.30. The van der Waals surface area contributed by atoms with E-state index in [9.17, 15) is 9.59 Å². The summed E-state index contributed by atoms with van der Waals surface area (Å²) in [6.45, 7) is 3.95. The van der Waals surface area contributed by atoms with Crippen LogP contribution in [0.3, 0.4) is 0 Å². The summed E-state index contributed by atoms with van der Waals surface area (Å²) in [5.41, 5.74) is 0. The molecule has 2 rings (SSSR count). The highest BCUT2D eigenvalue weighted by molar-refractivity contribution is 6.27. The van der Waals surface area contributed by atoms with Crippen molar-refractivity contribution >= 4 is 23.4 Å².